The molecule has 0 aliphatic carbocycles. The molecule has 1 saturated heterocycles. The molecule has 0 N–H and O–H groups in total. The highest BCUT2D eigenvalue weighted by atomic mass is 15.1. The van der Waals surface area contributed by atoms with Crippen molar-refractivity contribution in [3.8, 4) is 0 Å². The third-order valence-electron chi connectivity index (χ3n) is 2.84. The fraction of sp³-hybridized carbons (Fsp3) is 0.667. The van der Waals surface area contributed by atoms with Crippen LogP contribution < -0.4 is 0 Å². The summed E-state index contributed by atoms with van der Waals surface area (Å²) in [5.74, 6) is 0. The van der Waals surface area contributed by atoms with E-state index in [1.807, 2.05) is 0 Å². The first-order valence-electron chi connectivity index (χ1n) is 5.30. The zero-order valence-corrected chi connectivity index (χ0v) is 8.81. The molecule has 0 atom stereocenters. The predicted octanol–water partition coefficient (Wildman–Crippen LogP) is 3.34. The van der Waals surface area contributed by atoms with E-state index in [4.69, 9.17) is 0 Å². The Morgan fingerprint density at radius 2 is 1.62 bits per heavy atom. The molecule has 1 fully saturated rings. The average molecular weight is 179 g/mol. The average Bonchev–Trinajstić information content (AvgIpc) is 2.13. The maximum Gasteiger partial charge on any atom is 0.0317 e. The first-order chi connectivity index (χ1) is 6.22. The second-order valence-corrected chi connectivity index (χ2v) is 3.99. The van der Waals surface area contributed by atoms with Crippen molar-refractivity contribution in [3.63, 3.8) is 0 Å². The molecule has 1 heterocycles. The van der Waals surface area contributed by atoms with Crippen LogP contribution in [0, 0.1) is 0 Å². The van der Waals surface area contributed by atoms with Gasteiger partial charge in [-0.1, -0.05) is 32.4 Å². The highest BCUT2D eigenvalue weighted by Gasteiger charge is 2.07. The van der Waals surface area contributed by atoms with Gasteiger partial charge in [-0.25, -0.2) is 0 Å². The van der Waals surface area contributed by atoms with Gasteiger partial charge in [-0.2, -0.15) is 0 Å². The van der Waals surface area contributed by atoms with Crippen molar-refractivity contribution in [2.45, 2.75) is 38.5 Å². The summed E-state index contributed by atoms with van der Waals surface area (Å²) in [6.07, 6.45) is 7.81. The largest absolute Gasteiger partial charge is 0.375 e. The molecule has 0 aromatic rings. The smallest absolute Gasteiger partial charge is 0.0317 e. The molecule has 1 nitrogen and oxygen atoms in total. The van der Waals surface area contributed by atoms with E-state index in [2.05, 4.69) is 25.1 Å². The molecule has 1 aliphatic heterocycles. The molecule has 1 rings (SSSR count). The van der Waals surface area contributed by atoms with Crippen molar-refractivity contribution in [2.75, 3.05) is 13.6 Å². The van der Waals surface area contributed by atoms with Crippen LogP contribution in [0.2, 0.25) is 0 Å². The summed E-state index contributed by atoms with van der Waals surface area (Å²) in [5.41, 5.74) is 2.37. The molecule has 0 radical (unpaired) electrons. The summed E-state index contributed by atoms with van der Waals surface area (Å²) in [5, 5.41) is 0. The fourth-order valence-electron chi connectivity index (χ4n) is 1.77. The lowest BCUT2D eigenvalue weighted by atomic mass is 10.0. The van der Waals surface area contributed by atoms with Gasteiger partial charge in [0, 0.05) is 19.3 Å². The summed E-state index contributed by atoms with van der Waals surface area (Å²) in [7, 11) is 2.12. The van der Waals surface area contributed by atoms with Crippen LogP contribution in [-0.4, -0.2) is 18.5 Å². The van der Waals surface area contributed by atoms with E-state index < -0.39 is 0 Å². The van der Waals surface area contributed by atoms with Gasteiger partial charge in [-0.3, -0.25) is 0 Å². The SMILES string of the molecule is C=C1CCCCCCCN(C)C1=C. The number of allylic oxidation sites excluding steroid dienone is 1. The molecule has 0 aromatic heterocycles. The van der Waals surface area contributed by atoms with Crippen molar-refractivity contribution in [2.24, 2.45) is 0 Å². The Morgan fingerprint density at radius 3 is 2.38 bits per heavy atom. The molecule has 74 valence electrons. The van der Waals surface area contributed by atoms with Crippen molar-refractivity contribution >= 4 is 0 Å². The first-order valence-corrected chi connectivity index (χ1v) is 5.30. The summed E-state index contributed by atoms with van der Waals surface area (Å²) >= 11 is 0. The van der Waals surface area contributed by atoms with Crippen LogP contribution in [-0.2, 0) is 0 Å². The van der Waals surface area contributed by atoms with E-state index in [0.29, 0.717) is 0 Å². The number of likely N-dealkylation sites (N-methyl/N-ethyl adjacent to an activating group) is 1. The number of nitrogens with zero attached hydrogens (tertiary/aromatic N) is 1. The standard InChI is InChI=1S/C12H21N/c1-11-9-7-5-4-6-8-10-13(3)12(11)2/h1-2,4-10H2,3H3. The maximum absolute atomic E-state index is 4.08. The molecular formula is C12H21N. The van der Waals surface area contributed by atoms with Gasteiger partial charge in [0.25, 0.3) is 0 Å². The minimum atomic E-state index is 1.13. The molecule has 1 heteroatoms. The van der Waals surface area contributed by atoms with E-state index >= 15 is 0 Å². The predicted molar refractivity (Wildman–Crippen MR) is 58.6 cm³/mol. The van der Waals surface area contributed by atoms with E-state index in [1.165, 1.54) is 37.7 Å². The summed E-state index contributed by atoms with van der Waals surface area (Å²) in [6, 6.07) is 0. The quantitative estimate of drug-likeness (QED) is 0.551. The van der Waals surface area contributed by atoms with Gasteiger partial charge in [-0.15, -0.1) is 0 Å². The zero-order chi connectivity index (χ0) is 9.68. The minimum absolute atomic E-state index is 1.13. The van der Waals surface area contributed by atoms with E-state index in [9.17, 15) is 0 Å². The Hall–Kier alpha value is -0.720. The van der Waals surface area contributed by atoms with Crippen LogP contribution in [0.25, 0.3) is 0 Å². The van der Waals surface area contributed by atoms with Gasteiger partial charge in [0.05, 0.1) is 0 Å². The van der Waals surface area contributed by atoms with Crippen molar-refractivity contribution < 1.29 is 0 Å². The highest BCUT2D eigenvalue weighted by Crippen LogP contribution is 2.20. The second-order valence-electron chi connectivity index (χ2n) is 3.99. The van der Waals surface area contributed by atoms with Crippen molar-refractivity contribution in [3.05, 3.63) is 24.4 Å². The molecule has 0 aromatic carbocycles. The van der Waals surface area contributed by atoms with Gasteiger partial charge < -0.3 is 4.90 Å². The monoisotopic (exact) mass is 179 g/mol. The highest BCUT2D eigenvalue weighted by molar-refractivity contribution is 5.23. The molecular weight excluding hydrogens is 158 g/mol. The van der Waals surface area contributed by atoms with Crippen molar-refractivity contribution in [1.29, 1.82) is 0 Å². The molecule has 0 amide bonds. The van der Waals surface area contributed by atoms with Crippen LogP contribution >= 0.6 is 0 Å². The van der Waals surface area contributed by atoms with Crippen LogP contribution in [0.15, 0.2) is 24.4 Å². The van der Waals surface area contributed by atoms with Gasteiger partial charge in [-0.05, 0) is 24.8 Å². The molecule has 0 bridgehead atoms. The summed E-state index contributed by atoms with van der Waals surface area (Å²) in [6.45, 7) is 9.29. The Balaban J connectivity index is 2.50. The molecule has 0 unspecified atom stereocenters. The van der Waals surface area contributed by atoms with Crippen LogP contribution in [0.4, 0.5) is 0 Å². The lowest BCUT2D eigenvalue weighted by molar-refractivity contribution is 0.395. The second kappa shape index (κ2) is 5.11. The normalized spacial score (nSPS) is 21.8. The van der Waals surface area contributed by atoms with E-state index in [0.717, 1.165) is 18.7 Å². The number of hydrogen-bond donors (Lipinski definition) is 0. The van der Waals surface area contributed by atoms with Gasteiger partial charge in [0.2, 0.25) is 0 Å². The Bertz CT molecular complexity index is 193. The van der Waals surface area contributed by atoms with Gasteiger partial charge in [0.15, 0.2) is 0 Å². The molecule has 0 saturated carbocycles. The Kier molecular flexibility index (Phi) is 4.07. The van der Waals surface area contributed by atoms with E-state index in [1.54, 1.807) is 0 Å². The summed E-state index contributed by atoms with van der Waals surface area (Å²) < 4.78 is 0. The lowest BCUT2D eigenvalue weighted by Crippen LogP contribution is -2.20. The first kappa shape index (κ1) is 10.4. The third kappa shape index (κ3) is 3.25. The van der Waals surface area contributed by atoms with Crippen LogP contribution in [0.5, 0.6) is 0 Å². The number of hydrogen-bond acceptors (Lipinski definition) is 1. The van der Waals surface area contributed by atoms with Gasteiger partial charge >= 0.3 is 0 Å². The summed E-state index contributed by atoms with van der Waals surface area (Å²) in [4.78, 5) is 2.24. The lowest BCUT2D eigenvalue weighted by Gasteiger charge is -2.24. The van der Waals surface area contributed by atoms with Crippen LogP contribution in [0.3, 0.4) is 0 Å². The Labute approximate surface area is 82.1 Å². The molecule has 0 spiro atoms. The zero-order valence-electron chi connectivity index (χ0n) is 8.81. The molecule has 1 aliphatic rings. The van der Waals surface area contributed by atoms with E-state index in [-0.39, 0.29) is 0 Å². The Morgan fingerprint density at radius 1 is 1.00 bits per heavy atom. The van der Waals surface area contributed by atoms with Crippen LogP contribution in [0.1, 0.15) is 38.5 Å². The maximum atomic E-state index is 4.08. The number of rotatable bonds is 0. The fourth-order valence-corrected chi connectivity index (χ4v) is 1.77. The topological polar surface area (TPSA) is 3.24 Å². The molecule has 13 heavy (non-hydrogen) atoms. The van der Waals surface area contributed by atoms with Crippen molar-refractivity contribution in [1.82, 2.24) is 4.90 Å². The van der Waals surface area contributed by atoms with Gasteiger partial charge in [0.1, 0.15) is 0 Å². The third-order valence-corrected chi connectivity index (χ3v) is 2.84. The minimum Gasteiger partial charge on any atom is -0.375 e.